The number of H-pyrrole nitrogens is 1. The van der Waals surface area contributed by atoms with E-state index in [1.807, 2.05) is 37.4 Å². The molecular weight excluding hydrogens is 280 g/mol. The molecule has 5 nitrogen and oxygen atoms in total. The Morgan fingerprint density at radius 3 is 2.86 bits per heavy atom. The minimum absolute atomic E-state index is 0.275. The van der Waals surface area contributed by atoms with Crippen LogP contribution in [0.4, 0.5) is 0 Å². The molecule has 3 N–H and O–H groups in total. The van der Waals surface area contributed by atoms with E-state index in [2.05, 4.69) is 9.88 Å². The summed E-state index contributed by atoms with van der Waals surface area (Å²) in [7, 11) is 0. The largest absolute Gasteiger partial charge is 0.490 e. The quantitative estimate of drug-likeness (QED) is 0.787. The third-order valence-corrected chi connectivity index (χ3v) is 4.39. The fourth-order valence-corrected chi connectivity index (χ4v) is 2.94. The molecule has 3 rings (SSSR count). The molecule has 0 aliphatic carbocycles. The minimum Gasteiger partial charge on any atom is -0.490 e. The smallest absolute Gasteiger partial charge is 0.128 e. The summed E-state index contributed by atoms with van der Waals surface area (Å²) in [5.41, 5.74) is 0.479. The number of aromatic amines is 1. The molecule has 1 aliphatic rings. The third kappa shape index (κ3) is 3.61. The van der Waals surface area contributed by atoms with Crippen molar-refractivity contribution in [3.05, 3.63) is 30.5 Å². The van der Waals surface area contributed by atoms with E-state index >= 15 is 0 Å². The molecule has 1 aliphatic heterocycles. The lowest BCUT2D eigenvalue weighted by Crippen LogP contribution is -2.45. The van der Waals surface area contributed by atoms with E-state index in [-0.39, 0.29) is 6.61 Å². The highest BCUT2D eigenvalue weighted by Gasteiger charge is 2.28. The Morgan fingerprint density at radius 2 is 2.09 bits per heavy atom. The van der Waals surface area contributed by atoms with Crippen LogP contribution in [-0.4, -0.2) is 58.0 Å². The van der Waals surface area contributed by atoms with E-state index in [4.69, 9.17) is 4.74 Å². The first-order valence-corrected chi connectivity index (χ1v) is 7.85. The number of hydrogen-bond donors (Lipinski definition) is 3. The molecule has 0 spiro atoms. The highest BCUT2D eigenvalue weighted by molar-refractivity contribution is 5.85. The van der Waals surface area contributed by atoms with E-state index < -0.39 is 11.7 Å². The number of aliphatic hydroxyl groups excluding tert-OH is 1. The highest BCUT2D eigenvalue weighted by Crippen LogP contribution is 2.25. The first-order valence-electron chi connectivity index (χ1n) is 7.85. The van der Waals surface area contributed by atoms with Crippen LogP contribution in [0.25, 0.3) is 10.9 Å². The van der Waals surface area contributed by atoms with Gasteiger partial charge in [0.2, 0.25) is 0 Å². The van der Waals surface area contributed by atoms with Gasteiger partial charge in [-0.15, -0.1) is 0 Å². The number of rotatable bonds is 5. The average Bonchev–Trinajstić information content (AvgIpc) is 2.96. The van der Waals surface area contributed by atoms with Crippen molar-refractivity contribution in [3.8, 4) is 5.75 Å². The van der Waals surface area contributed by atoms with E-state index in [9.17, 15) is 10.2 Å². The van der Waals surface area contributed by atoms with Crippen molar-refractivity contribution in [2.45, 2.75) is 31.5 Å². The number of benzene rings is 1. The summed E-state index contributed by atoms with van der Waals surface area (Å²) in [6.45, 7) is 4.37. The summed E-state index contributed by atoms with van der Waals surface area (Å²) in [6.07, 6.45) is 2.86. The predicted molar refractivity (Wildman–Crippen MR) is 86.1 cm³/mol. The van der Waals surface area contributed by atoms with Gasteiger partial charge in [0.15, 0.2) is 0 Å². The molecule has 2 heterocycles. The van der Waals surface area contributed by atoms with Crippen molar-refractivity contribution < 1.29 is 14.9 Å². The van der Waals surface area contributed by atoms with Crippen LogP contribution < -0.4 is 4.74 Å². The van der Waals surface area contributed by atoms with Crippen molar-refractivity contribution >= 4 is 10.9 Å². The van der Waals surface area contributed by atoms with Crippen LogP contribution >= 0.6 is 0 Å². The molecule has 5 heteroatoms. The number of fused-ring (bicyclic) bond motifs is 1. The number of aliphatic hydroxyl groups is 2. The van der Waals surface area contributed by atoms with Gasteiger partial charge in [0.05, 0.1) is 5.60 Å². The van der Waals surface area contributed by atoms with Gasteiger partial charge < -0.3 is 24.8 Å². The summed E-state index contributed by atoms with van der Waals surface area (Å²) in [5.74, 6) is 0.791. The molecular formula is C17H24N2O3. The zero-order valence-electron chi connectivity index (χ0n) is 13.0. The molecule has 1 aromatic heterocycles. The van der Waals surface area contributed by atoms with E-state index in [1.165, 1.54) is 0 Å². The molecule has 0 saturated carbocycles. The number of nitrogens with one attached hydrogen (secondary N) is 1. The summed E-state index contributed by atoms with van der Waals surface area (Å²) in [6, 6.07) is 7.83. The van der Waals surface area contributed by atoms with Crippen LogP contribution in [0.2, 0.25) is 0 Å². The molecule has 120 valence electrons. The predicted octanol–water partition coefficient (Wildman–Crippen LogP) is 1.75. The first-order chi connectivity index (χ1) is 10.5. The summed E-state index contributed by atoms with van der Waals surface area (Å²) in [5, 5.41) is 21.2. The van der Waals surface area contributed by atoms with E-state index in [0.29, 0.717) is 6.54 Å². The number of likely N-dealkylation sites (tertiary alicyclic amines) is 1. The lowest BCUT2D eigenvalue weighted by Gasteiger charge is -2.36. The first kappa shape index (κ1) is 15.3. The lowest BCUT2D eigenvalue weighted by molar-refractivity contribution is -0.0200. The highest BCUT2D eigenvalue weighted by atomic mass is 16.5. The second-order valence-electron chi connectivity index (χ2n) is 6.46. The second kappa shape index (κ2) is 6.28. The second-order valence-corrected chi connectivity index (χ2v) is 6.46. The van der Waals surface area contributed by atoms with Gasteiger partial charge in [-0.25, -0.2) is 0 Å². The summed E-state index contributed by atoms with van der Waals surface area (Å²) in [4.78, 5) is 5.33. The van der Waals surface area contributed by atoms with Crippen LogP contribution in [0.1, 0.15) is 19.8 Å². The lowest BCUT2D eigenvalue weighted by atomic mass is 9.94. The van der Waals surface area contributed by atoms with Crippen LogP contribution in [0.5, 0.6) is 5.75 Å². The van der Waals surface area contributed by atoms with E-state index in [1.54, 1.807) is 0 Å². The Morgan fingerprint density at radius 1 is 1.32 bits per heavy atom. The van der Waals surface area contributed by atoms with Crippen molar-refractivity contribution in [2.75, 3.05) is 26.2 Å². The number of hydrogen-bond acceptors (Lipinski definition) is 4. The molecule has 1 aromatic carbocycles. The molecule has 0 bridgehead atoms. The van der Waals surface area contributed by atoms with Gasteiger partial charge in [-0.05, 0) is 38.0 Å². The van der Waals surface area contributed by atoms with Crippen molar-refractivity contribution in [3.63, 3.8) is 0 Å². The van der Waals surface area contributed by atoms with Gasteiger partial charge >= 0.3 is 0 Å². The Kier molecular flexibility index (Phi) is 4.38. The number of ether oxygens (including phenoxy) is 1. The number of nitrogens with zero attached hydrogens (tertiary/aromatic N) is 1. The summed E-state index contributed by atoms with van der Waals surface area (Å²) < 4.78 is 5.78. The standard InChI is InChI=1S/C17H24N2O3/c1-17(21)6-9-19(10-7-17)11-13(20)12-22-16-4-2-3-15-14(16)5-8-18-15/h2-5,8,13,18,20-21H,6-7,9-12H2,1H3. The van der Waals surface area contributed by atoms with Crippen molar-refractivity contribution in [1.82, 2.24) is 9.88 Å². The SMILES string of the molecule is CC1(O)CCN(CC(O)COc2cccc3[nH]ccc23)CC1. The zero-order valence-corrected chi connectivity index (χ0v) is 13.0. The average molecular weight is 304 g/mol. The van der Waals surface area contributed by atoms with Crippen molar-refractivity contribution in [1.29, 1.82) is 0 Å². The number of β-amino-alcohol motifs (C(OH)–C–C–N with tert-alkyl or cyclic N) is 1. The van der Waals surface area contributed by atoms with Gasteiger partial charge in [-0.1, -0.05) is 6.07 Å². The number of aromatic nitrogens is 1. The van der Waals surface area contributed by atoms with Gasteiger partial charge in [0.25, 0.3) is 0 Å². The fourth-order valence-electron chi connectivity index (χ4n) is 2.94. The van der Waals surface area contributed by atoms with Gasteiger partial charge in [0.1, 0.15) is 18.5 Å². The molecule has 1 atom stereocenters. The topological polar surface area (TPSA) is 68.7 Å². The molecule has 1 fully saturated rings. The molecule has 22 heavy (non-hydrogen) atoms. The molecule has 2 aromatic rings. The van der Waals surface area contributed by atoms with Gasteiger partial charge in [-0.3, -0.25) is 0 Å². The normalized spacial score (nSPS) is 20.1. The Balaban J connectivity index is 1.50. The Labute approximate surface area is 130 Å². The van der Waals surface area contributed by atoms with Gasteiger partial charge in [0, 0.05) is 36.7 Å². The molecule has 1 saturated heterocycles. The van der Waals surface area contributed by atoms with E-state index in [0.717, 1.165) is 42.6 Å². The molecule has 1 unspecified atom stereocenters. The maximum atomic E-state index is 10.2. The van der Waals surface area contributed by atoms with Gasteiger partial charge in [-0.2, -0.15) is 0 Å². The monoisotopic (exact) mass is 304 g/mol. The number of piperidine rings is 1. The fraction of sp³-hybridized carbons (Fsp3) is 0.529. The maximum absolute atomic E-state index is 10.2. The van der Waals surface area contributed by atoms with Crippen LogP contribution in [0, 0.1) is 0 Å². The van der Waals surface area contributed by atoms with Crippen LogP contribution in [0.15, 0.2) is 30.5 Å². The third-order valence-electron chi connectivity index (χ3n) is 4.39. The maximum Gasteiger partial charge on any atom is 0.128 e. The van der Waals surface area contributed by atoms with Crippen molar-refractivity contribution in [2.24, 2.45) is 0 Å². The van der Waals surface area contributed by atoms with Crippen LogP contribution in [0.3, 0.4) is 0 Å². The Hall–Kier alpha value is -1.56. The molecule has 0 amide bonds. The summed E-state index contributed by atoms with van der Waals surface area (Å²) >= 11 is 0. The van der Waals surface area contributed by atoms with Crippen LogP contribution in [-0.2, 0) is 0 Å². The molecule has 0 radical (unpaired) electrons. The zero-order chi connectivity index (χ0) is 15.6. The Bertz CT molecular complexity index is 613. The minimum atomic E-state index is -0.554.